The van der Waals surface area contributed by atoms with Crippen LogP contribution in [0.1, 0.15) is 53.1 Å². The van der Waals surface area contributed by atoms with Crippen molar-refractivity contribution in [2.75, 3.05) is 0 Å². The third-order valence-corrected chi connectivity index (χ3v) is 2.21. The van der Waals surface area contributed by atoms with Crippen molar-refractivity contribution in [3.05, 3.63) is 17.7 Å². The molecule has 0 radical (unpaired) electrons. The van der Waals surface area contributed by atoms with Gasteiger partial charge in [-0.1, -0.05) is 20.8 Å². The molecule has 0 aliphatic carbocycles. The van der Waals surface area contributed by atoms with E-state index in [-0.39, 0.29) is 11.0 Å². The van der Waals surface area contributed by atoms with Gasteiger partial charge in [0.15, 0.2) is 5.69 Å². The van der Waals surface area contributed by atoms with Gasteiger partial charge >= 0.3 is 0 Å². The average molecular weight is 205 g/mol. The average Bonchev–Trinajstić information content (AvgIpc) is 2.44. The highest BCUT2D eigenvalue weighted by Crippen LogP contribution is 2.27. The second kappa shape index (κ2) is 3.37. The highest BCUT2D eigenvalue weighted by Gasteiger charge is 2.26. The number of nitrogens with zero attached hydrogens (tertiary/aromatic N) is 3. The molecule has 0 aromatic carbocycles. The van der Waals surface area contributed by atoms with Gasteiger partial charge in [-0.05, 0) is 20.8 Å². The molecule has 0 atom stereocenters. The summed E-state index contributed by atoms with van der Waals surface area (Å²) >= 11 is 0. The predicted octanol–water partition coefficient (Wildman–Crippen LogP) is 2.81. The Morgan fingerprint density at radius 3 is 2.00 bits per heavy atom. The van der Waals surface area contributed by atoms with Crippen LogP contribution in [0.3, 0.4) is 0 Å². The Bertz CT molecular complexity index is 362. The Balaban J connectivity index is 3.39. The smallest absolute Gasteiger partial charge is 0.158 e. The normalized spacial score (nSPS) is 12.6. The van der Waals surface area contributed by atoms with Gasteiger partial charge < -0.3 is 4.57 Å². The lowest BCUT2D eigenvalue weighted by molar-refractivity contribution is 0.354. The van der Waals surface area contributed by atoms with E-state index in [4.69, 9.17) is 5.26 Å². The fraction of sp³-hybridized carbons (Fsp3) is 0.667. The van der Waals surface area contributed by atoms with Crippen LogP contribution in [0.15, 0.2) is 6.20 Å². The van der Waals surface area contributed by atoms with Gasteiger partial charge in [0.25, 0.3) is 0 Å². The number of hydrogen-bond donors (Lipinski definition) is 0. The van der Waals surface area contributed by atoms with Crippen LogP contribution in [0, 0.1) is 11.3 Å². The molecular weight excluding hydrogens is 186 g/mol. The molecule has 0 saturated carbocycles. The van der Waals surface area contributed by atoms with E-state index in [1.807, 2.05) is 6.20 Å². The Labute approximate surface area is 91.7 Å². The second-order valence-corrected chi connectivity index (χ2v) is 5.85. The summed E-state index contributed by atoms with van der Waals surface area (Å²) in [5, 5.41) is 8.88. The van der Waals surface area contributed by atoms with Gasteiger partial charge in [-0.3, -0.25) is 0 Å². The zero-order chi connectivity index (χ0) is 11.9. The van der Waals surface area contributed by atoms with Crippen LogP contribution in [0.5, 0.6) is 0 Å². The molecule has 15 heavy (non-hydrogen) atoms. The molecule has 0 amide bonds. The van der Waals surface area contributed by atoms with Crippen LogP contribution in [0.25, 0.3) is 0 Å². The molecule has 0 saturated heterocycles. The summed E-state index contributed by atoms with van der Waals surface area (Å²) in [4.78, 5) is 4.37. The monoisotopic (exact) mass is 205 g/mol. The molecule has 1 heterocycles. The van der Waals surface area contributed by atoms with E-state index in [1.165, 1.54) is 0 Å². The fourth-order valence-electron chi connectivity index (χ4n) is 1.47. The van der Waals surface area contributed by atoms with E-state index < -0.39 is 0 Å². The molecule has 0 fully saturated rings. The van der Waals surface area contributed by atoms with E-state index in [1.54, 1.807) is 0 Å². The van der Waals surface area contributed by atoms with Crippen molar-refractivity contribution in [1.29, 1.82) is 5.26 Å². The minimum absolute atomic E-state index is 0.0370. The highest BCUT2D eigenvalue weighted by atomic mass is 15.1. The predicted molar refractivity (Wildman–Crippen MR) is 60.6 cm³/mol. The number of nitriles is 1. The zero-order valence-corrected chi connectivity index (χ0v) is 10.4. The minimum Gasteiger partial charge on any atom is -0.328 e. The first-order chi connectivity index (χ1) is 6.66. The summed E-state index contributed by atoms with van der Waals surface area (Å²) in [6.45, 7) is 12.7. The quantitative estimate of drug-likeness (QED) is 0.653. The van der Waals surface area contributed by atoms with Gasteiger partial charge in [-0.25, -0.2) is 4.98 Å². The van der Waals surface area contributed by atoms with Gasteiger partial charge in [-0.15, -0.1) is 0 Å². The summed E-state index contributed by atoms with van der Waals surface area (Å²) < 4.78 is 2.09. The van der Waals surface area contributed by atoms with Crippen molar-refractivity contribution in [1.82, 2.24) is 9.55 Å². The van der Waals surface area contributed by atoms with E-state index in [9.17, 15) is 0 Å². The molecular formula is C12H19N3. The minimum atomic E-state index is -0.0393. The lowest BCUT2D eigenvalue weighted by Crippen LogP contribution is -2.29. The van der Waals surface area contributed by atoms with Crippen LogP contribution in [-0.2, 0) is 11.0 Å². The maximum absolute atomic E-state index is 8.88. The molecule has 3 nitrogen and oxygen atoms in total. The van der Waals surface area contributed by atoms with Gasteiger partial charge in [0, 0.05) is 17.2 Å². The van der Waals surface area contributed by atoms with Crippen LogP contribution in [-0.4, -0.2) is 9.55 Å². The molecule has 0 aliphatic rings. The Hall–Kier alpha value is -1.30. The summed E-state index contributed by atoms with van der Waals surface area (Å²) in [5.41, 5.74) is 0.419. The van der Waals surface area contributed by atoms with E-state index in [0.717, 1.165) is 5.82 Å². The number of rotatable bonds is 0. The summed E-state index contributed by atoms with van der Waals surface area (Å²) in [7, 11) is 0. The summed E-state index contributed by atoms with van der Waals surface area (Å²) in [5.74, 6) is 0.964. The fourth-order valence-corrected chi connectivity index (χ4v) is 1.47. The van der Waals surface area contributed by atoms with E-state index >= 15 is 0 Å². The van der Waals surface area contributed by atoms with Gasteiger partial charge in [0.2, 0.25) is 0 Å². The van der Waals surface area contributed by atoms with Crippen LogP contribution >= 0.6 is 0 Å². The number of imidazole rings is 1. The first-order valence-corrected chi connectivity index (χ1v) is 5.16. The number of aromatic nitrogens is 2. The second-order valence-electron chi connectivity index (χ2n) is 5.85. The molecule has 82 valence electrons. The molecule has 1 aromatic rings. The standard InChI is InChI=1S/C12H19N3/c1-11(2,3)10-14-9(7-13)8-15(10)12(4,5)6/h8H,1-6H3. The van der Waals surface area contributed by atoms with Gasteiger partial charge in [-0.2, -0.15) is 5.26 Å². The maximum Gasteiger partial charge on any atom is 0.158 e. The third kappa shape index (κ3) is 2.38. The topological polar surface area (TPSA) is 41.6 Å². The third-order valence-electron chi connectivity index (χ3n) is 2.21. The zero-order valence-electron chi connectivity index (χ0n) is 10.4. The summed E-state index contributed by atoms with van der Waals surface area (Å²) in [6.07, 6.45) is 1.83. The highest BCUT2D eigenvalue weighted by molar-refractivity contribution is 5.23. The van der Waals surface area contributed by atoms with Crippen LogP contribution in [0.4, 0.5) is 0 Å². The van der Waals surface area contributed by atoms with Crippen molar-refractivity contribution in [2.24, 2.45) is 0 Å². The van der Waals surface area contributed by atoms with Crippen molar-refractivity contribution in [3.8, 4) is 6.07 Å². The van der Waals surface area contributed by atoms with E-state index in [0.29, 0.717) is 5.69 Å². The molecule has 0 spiro atoms. The van der Waals surface area contributed by atoms with Gasteiger partial charge in [0.1, 0.15) is 11.9 Å². The maximum atomic E-state index is 8.88. The SMILES string of the molecule is CC(C)(C)c1nc(C#N)cn1C(C)(C)C. The largest absolute Gasteiger partial charge is 0.328 e. The Morgan fingerprint density at radius 1 is 1.20 bits per heavy atom. The van der Waals surface area contributed by atoms with Gasteiger partial charge in [0.05, 0.1) is 0 Å². The van der Waals surface area contributed by atoms with Crippen molar-refractivity contribution >= 4 is 0 Å². The van der Waals surface area contributed by atoms with Crippen molar-refractivity contribution < 1.29 is 0 Å². The van der Waals surface area contributed by atoms with Crippen LogP contribution < -0.4 is 0 Å². The molecule has 0 N–H and O–H groups in total. The summed E-state index contributed by atoms with van der Waals surface area (Å²) in [6, 6.07) is 2.10. The first kappa shape index (κ1) is 11.8. The Morgan fingerprint density at radius 2 is 1.73 bits per heavy atom. The lowest BCUT2D eigenvalue weighted by atomic mass is 9.94. The molecule has 0 bridgehead atoms. The first-order valence-electron chi connectivity index (χ1n) is 5.16. The van der Waals surface area contributed by atoms with Crippen molar-refractivity contribution in [2.45, 2.75) is 52.5 Å². The van der Waals surface area contributed by atoms with E-state index in [2.05, 4.69) is 57.2 Å². The Kier molecular flexibility index (Phi) is 2.65. The molecule has 3 heteroatoms. The molecule has 0 aliphatic heterocycles. The molecule has 0 unspecified atom stereocenters. The van der Waals surface area contributed by atoms with Crippen molar-refractivity contribution in [3.63, 3.8) is 0 Å². The molecule has 1 rings (SSSR count). The van der Waals surface area contributed by atoms with Crippen LogP contribution in [0.2, 0.25) is 0 Å². The number of hydrogen-bond acceptors (Lipinski definition) is 2. The lowest BCUT2D eigenvalue weighted by Gasteiger charge is -2.28. The molecule has 1 aromatic heterocycles.